The second-order valence-corrected chi connectivity index (χ2v) is 8.13. The molecule has 10 nitrogen and oxygen atoms in total. The molecule has 1 saturated heterocycles. The van der Waals surface area contributed by atoms with E-state index in [0.717, 1.165) is 24.6 Å². The van der Waals surface area contributed by atoms with Gasteiger partial charge in [-0.25, -0.2) is 14.8 Å². The van der Waals surface area contributed by atoms with E-state index in [1.165, 1.54) is 14.2 Å². The molecule has 11 heteroatoms. The molecule has 2 heterocycles. The molecular formula is C24H27ClN6O4. The number of nitrogens with zero attached hydrogens (tertiary/aromatic N) is 3. The minimum Gasteiger partial charge on any atom is -0.495 e. The molecule has 1 fully saturated rings. The van der Waals surface area contributed by atoms with Crippen LogP contribution in [-0.2, 0) is 4.74 Å². The van der Waals surface area contributed by atoms with Crippen LogP contribution in [0.15, 0.2) is 42.5 Å². The SMILES string of the molecule is COc1cc(OC)c(NC(=O)Nc2ccc(Nc3cc(N4CCOCC4)nc(C)n3)cc2)cc1Cl. The minimum absolute atomic E-state index is 0.357. The summed E-state index contributed by atoms with van der Waals surface area (Å²) in [6.45, 7) is 4.84. The first-order chi connectivity index (χ1) is 16.9. The van der Waals surface area contributed by atoms with E-state index in [2.05, 4.69) is 30.8 Å². The van der Waals surface area contributed by atoms with Crippen molar-refractivity contribution >= 4 is 46.3 Å². The van der Waals surface area contributed by atoms with Gasteiger partial charge in [-0.3, -0.25) is 0 Å². The highest BCUT2D eigenvalue weighted by Gasteiger charge is 2.15. The Kier molecular flexibility index (Phi) is 7.74. The van der Waals surface area contributed by atoms with Gasteiger partial charge in [0.25, 0.3) is 0 Å². The molecule has 0 bridgehead atoms. The van der Waals surface area contributed by atoms with Crippen molar-refractivity contribution in [3.8, 4) is 11.5 Å². The van der Waals surface area contributed by atoms with Gasteiger partial charge in [0.2, 0.25) is 0 Å². The second-order valence-electron chi connectivity index (χ2n) is 7.73. The molecule has 0 spiro atoms. The zero-order valence-corrected chi connectivity index (χ0v) is 20.5. The van der Waals surface area contributed by atoms with E-state index in [0.29, 0.717) is 52.8 Å². The number of benzene rings is 2. The van der Waals surface area contributed by atoms with Crippen molar-refractivity contribution in [1.29, 1.82) is 0 Å². The van der Waals surface area contributed by atoms with Gasteiger partial charge in [0, 0.05) is 36.6 Å². The monoisotopic (exact) mass is 498 g/mol. The standard InChI is InChI=1S/C24H27ClN6O4/c1-15-26-22(14-23(27-15)31-8-10-35-11-9-31)28-16-4-6-17(7-5-16)29-24(32)30-19-12-18(25)20(33-2)13-21(19)34-3/h4-7,12-14H,8-11H2,1-3H3,(H,26,27,28)(H2,29,30,32). The van der Waals surface area contributed by atoms with E-state index in [1.54, 1.807) is 24.3 Å². The van der Waals surface area contributed by atoms with Gasteiger partial charge < -0.3 is 35.1 Å². The van der Waals surface area contributed by atoms with Crippen LogP contribution < -0.4 is 30.3 Å². The molecule has 0 radical (unpaired) electrons. The van der Waals surface area contributed by atoms with Gasteiger partial charge in [0.15, 0.2) is 0 Å². The third kappa shape index (κ3) is 6.23. The molecule has 0 saturated carbocycles. The van der Waals surface area contributed by atoms with E-state index in [4.69, 9.17) is 25.8 Å². The van der Waals surface area contributed by atoms with Gasteiger partial charge in [-0.05, 0) is 37.3 Å². The van der Waals surface area contributed by atoms with E-state index in [-0.39, 0.29) is 0 Å². The van der Waals surface area contributed by atoms with Crippen LogP contribution in [0.2, 0.25) is 5.02 Å². The molecule has 1 aromatic heterocycles. The Labute approximate surface area is 208 Å². The number of aryl methyl sites for hydroxylation is 1. The van der Waals surface area contributed by atoms with Gasteiger partial charge in [-0.1, -0.05) is 11.6 Å². The molecule has 0 unspecified atom stereocenters. The molecule has 0 aliphatic carbocycles. The second kappa shape index (κ2) is 11.1. The molecule has 2 amide bonds. The number of urea groups is 1. The number of hydrogen-bond acceptors (Lipinski definition) is 8. The first kappa shape index (κ1) is 24.4. The summed E-state index contributed by atoms with van der Waals surface area (Å²) in [5.74, 6) is 3.12. The summed E-state index contributed by atoms with van der Waals surface area (Å²) in [6.07, 6.45) is 0. The summed E-state index contributed by atoms with van der Waals surface area (Å²) in [5.41, 5.74) is 1.86. The number of rotatable bonds is 7. The average Bonchev–Trinajstić information content (AvgIpc) is 2.85. The fourth-order valence-corrected chi connectivity index (χ4v) is 3.84. The topological polar surface area (TPSA) is 110 Å². The zero-order valence-electron chi connectivity index (χ0n) is 19.7. The summed E-state index contributed by atoms with van der Waals surface area (Å²) in [7, 11) is 3.01. The van der Waals surface area contributed by atoms with Gasteiger partial charge in [0.05, 0.1) is 38.1 Å². The predicted octanol–water partition coefficient (Wildman–Crippen LogP) is 4.68. The minimum atomic E-state index is -0.438. The number of nitrogens with one attached hydrogen (secondary N) is 3. The van der Waals surface area contributed by atoms with Crippen LogP contribution >= 0.6 is 11.6 Å². The first-order valence-electron chi connectivity index (χ1n) is 11.0. The molecule has 184 valence electrons. The van der Waals surface area contributed by atoms with E-state index in [9.17, 15) is 4.79 Å². The highest BCUT2D eigenvalue weighted by Crippen LogP contribution is 2.36. The number of carbonyl (C=O) groups is 1. The summed E-state index contributed by atoms with van der Waals surface area (Å²) in [5, 5.41) is 9.18. The third-order valence-electron chi connectivity index (χ3n) is 5.30. The molecule has 1 aliphatic heterocycles. The summed E-state index contributed by atoms with van der Waals surface area (Å²) < 4.78 is 15.9. The maximum absolute atomic E-state index is 12.5. The predicted molar refractivity (Wildman–Crippen MR) is 137 cm³/mol. The van der Waals surface area contributed by atoms with E-state index in [1.807, 2.05) is 25.1 Å². The van der Waals surface area contributed by atoms with Crippen LogP contribution in [0.3, 0.4) is 0 Å². The Hall–Kier alpha value is -3.76. The maximum Gasteiger partial charge on any atom is 0.323 e. The number of halogens is 1. The first-order valence-corrected chi connectivity index (χ1v) is 11.4. The van der Waals surface area contributed by atoms with Crippen LogP contribution in [0.4, 0.5) is 33.5 Å². The Balaban J connectivity index is 1.39. The van der Waals surface area contributed by atoms with Crippen LogP contribution in [0.5, 0.6) is 11.5 Å². The lowest BCUT2D eigenvalue weighted by Gasteiger charge is -2.28. The Bertz CT molecular complexity index is 1190. The Morgan fingerprint density at radius 1 is 0.971 bits per heavy atom. The normalized spacial score (nSPS) is 13.2. The molecule has 2 aromatic carbocycles. The van der Waals surface area contributed by atoms with Crippen LogP contribution in [0, 0.1) is 6.92 Å². The summed E-state index contributed by atoms with van der Waals surface area (Å²) >= 11 is 6.17. The molecule has 3 N–H and O–H groups in total. The zero-order chi connectivity index (χ0) is 24.8. The Morgan fingerprint density at radius 2 is 1.66 bits per heavy atom. The molecular weight excluding hydrogens is 472 g/mol. The number of anilines is 5. The number of amides is 2. The number of hydrogen-bond donors (Lipinski definition) is 3. The Morgan fingerprint density at radius 3 is 2.34 bits per heavy atom. The van der Waals surface area contributed by atoms with Crippen molar-refractivity contribution in [2.24, 2.45) is 0 Å². The number of morpholine rings is 1. The smallest absolute Gasteiger partial charge is 0.323 e. The molecule has 0 atom stereocenters. The molecule has 1 aliphatic rings. The number of carbonyl (C=O) groups excluding carboxylic acids is 1. The molecule has 4 rings (SSSR count). The van der Waals surface area contributed by atoms with Crippen LogP contribution in [-0.4, -0.2) is 56.5 Å². The average molecular weight is 499 g/mol. The van der Waals surface area contributed by atoms with Gasteiger partial charge >= 0.3 is 6.03 Å². The lowest BCUT2D eigenvalue weighted by Crippen LogP contribution is -2.36. The van der Waals surface area contributed by atoms with E-state index < -0.39 is 6.03 Å². The van der Waals surface area contributed by atoms with Crippen LogP contribution in [0.25, 0.3) is 0 Å². The lowest BCUT2D eigenvalue weighted by molar-refractivity contribution is 0.122. The van der Waals surface area contributed by atoms with Gasteiger partial charge in [-0.15, -0.1) is 0 Å². The highest BCUT2D eigenvalue weighted by atomic mass is 35.5. The number of ether oxygens (including phenoxy) is 3. The summed E-state index contributed by atoms with van der Waals surface area (Å²) in [4.78, 5) is 23.7. The van der Waals surface area contributed by atoms with Crippen molar-refractivity contribution in [3.05, 3.63) is 53.3 Å². The number of aromatic nitrogens is 2. The quantitative estimate of drug-likeness (QED) is 0.430. The lowest BCUT2D eigenvalue weighted by atomic mass is 10.2. The molecule has 3 aromatic rings. The largest absolute Gasteiger partial charge is 0.495 e. The number of methoxy groups -OCH3 is 2. The van der Waals surface area contributed by atoms with Crippen LogP contribution in [0.1, 0.15) is 5.82 Å². The van der Waals surface area contributed by atoms with Crippen molar-refractivity contribution < 1.29 is 19.0 Å². The maximum atomic E-state index is 12.5. The van der Waals surface area contributed by atoms with Crippen molar-refractivity contribution in [2.45, 2.75) is 6.92 Å². The van der Waals surface area contributed by atoms with Gasteiger partial charge in [0.1, 0.15) is 29.0 Å². The molecule has 35 heavy (non-hydrogen) atoms. The fourth-order valence-electron chi connectivity index (χ4n) is 3.60. The fraction of sp³-hybridized carbons (Fsp3) is 0.292. The third-order valence-corrected chi connectivity index (χ3v) is 5.59. The van der Waals surface area contributed by atoms with Crippen molar-refractivity contribution in [2.75, 3.05) is 61.4 Å². The van der Waals surface area contributed by atoms with E-state index >= 15 is 0 Å². The van der Waals surface area contributed by atoms with Crippen molar-refractivity contribution in [3.63, 3.8) is 0 Å². The summed E-state index contributed by atoms with van der Waals surface area (Å²) in [6, 6.07) is 11.9. The van der Waals surface area contributed by atoms with Crippen molar-refractivity contribution in [1.82, 2.24) is 9.97 Å². The highest BCUT2D eigenvalue weighted by molar-refractivity contribution is 6.32. The van der Waals surface area contributed by atoms with Gasteiger partial charge in [-0.2, -0.15) is 0 Å².